The molecule has 0 saturated carbocycles. The van der Waals surface area contributed by atoms with Crippen LogP contribution in [0.4, 0.5) is 17.2 Å². The first-order chi connectivity index (χ1) is 14.0. The van der Waals surface area contributed by atoms with E-state index in [1.54, 1.807) is 6.07 Å². The Morgan fingerprint density at radius 3 is 2.66 bits per heavy atom. The van der Waals surface area contributed by atoms with Crippen LogP contribution in [0.5, 0.6) is 5.88 Å². The van der Waals surface area contributed by atoms with Crippen LogP contribution in [0.25, 0.3) is 11.1 Å². The fourth-order valence-electron chi connectivity index (χ4n) is 2.79. The highest BCUT2D eigenvalue weighted by atomic mass is 16.5. The molecule has 0 unspecified atom stereocenters. The summed E-state index contributed by atoms with van der Waals surface area (Å²) in [6.45, 7) is 4.02. The van der Waals surface area contributed by atoms with Gasteiger partial charge in [-0.2, -0.15) is 15.3 Å². The Kier molecular flexibility index (Phi) is 6.32. The van der Waals surface area contributed by atoms with Crippen molar-refractivity contribution in [3.63, 3.8) is 0 Å². The highest BCUT2D eigenvalue weighted by Crippen LogP contribution is 2.28. The third-order valence-corrected chi connectivity index (χ3v) is 4.31. The molecule has 0 atom stereocenters. The van der Waals surface area contributed by atoms with E-state index in [1.807, 2.05) is 68.4 Å². The van der Waals surface area contributed by atoms with Gasteiger partial charge < -0.3 is 20.7 Å². The largest absolute Gasteiger partial charge is 0.477 e. The van der Waals surface area contributed by atoms with Crippen molar-refractivity contribution in [1.29, 1.82) is 5.26 Å². The summed E-state index contributed by atoms with van der Waals surface area (Å²) >= 11 is 0. The Balaban J connectivity index is 1.74. The number of rotatable bonds is 8. The molecule has 2 heterocycles. The molecule has 0 amide bonds. The Bertz CT molecular complexity index is 1000. The summed E-state index contributed by atoms with van der Waals surface area (Å²) in [7, 11) is 4.09. The van der Waals surface area contributed by atoms with Gasteiger partial charge in [0.1, 0.15) is 17.5 Å². The van der Waals surface area contributed by atoms with Crippen molar-refractivity contribution < 1.29 is 4.74 Å². The molecular formula is C21H25N7O. The Labute approximate surface area is 170 Å². The van der Waals surface area contributed by atoms with Gasteiger partial charge in [-0.05, 0) is 38.7 Å². The first kappa shape index (κ1) is 20.2. The number of nitrogens with one attached hydrogen (secondary N) is 1. The molecule has 0 bridgehead atoms. The van der Waals surface area contributed by atoms with Crippen LogP contribution in [0.3, 0.4) is 0 Å². The first-order valence-corrected chi connectivity index (χ1v) is 9.38. The third-order valence-electron chi connectivity index (χ3n) is 4.31. The van der Waals surface area contributed by atoms with E-state index < -0.39 is 0 Å². The second-order valence-corrected chi connectivity index (χ2v) is 6.82. The van der Waals surface area contributed by atoms with Gasteiger partial charge in [0.25, 0.3) is 0 Å². The summed E-state index contributed by atoms with van der Waals surface area (Å²) in [5.74, 6) is 0.758. The van der Waals surface area contributed by atoms with Crippen LogP contribution in [-0.2, 0) is 6.54 Å². The number of benzene rings is 1. The van der Waals surface area contributed by atoms with Gasteiger partial charge in [-0.25, -0.2) is 0 Å². The fraction of sp³-hybridized carbons (Fsp3) is 0.286. The summed E-state index contributed by atoms with van der Waals surface area (Å²) in [5, 5.41) is 16.9. The molecule has 0 radical (unpaired) electrons. The number of nitrogen functional groups attached to an aromatic ring is 1. The Hall–Kier alpha value is -3.57. The molecule has 0 aliphatic carbocycles. The molecular weight excluding hydrogens is 366 g/mol. The monoisotopic (exact) mass is 391 g/mol. The van der Waals surface area contributed by atoms with E-state index in [0.717, 1.165) is 29.9 Å². The molecule has 3 rings (SSSR count). The first-order valence-electron chi connectivity index (χ1n) is 9.38. The van der Waals surface area contributed by atoms with Crippen LogP contribution >= 0.6 is 0 Å². The molecule has 3 N–H and O–H groups in total. The molecule has 0 aliphatic heterocycles. The maximum Gasteiger partial charge on any atom is 0.235 e. The van der Waals surface area contributed by atoms with Crippen LogP contribution in [0.2, 0.25) is 0 Å². The number of ether oxygens (including phenoxy) is 1. The minimum atomic E-state index is 0.235. The summed E-state index contributed by atoms with van der Waals surface area (Å²) in [6.07, 6.45) is 3.92. The Morgan fingerprint density at radius 2 is 2.00 bits per heavy atom. The van der Waals surface area contributed by atoms with Crippen LogP contribution < -0.4 is 15.8 Å². The normalized spacial score (nSPS) is 10.7. The van der Waals surface area contributed by atoms with Gasteiger partial charge in [-0.15, -0.1) is 0 Å². The standard InChI is InChI=1S/C21H25N7O/c1-4-29-21-18(12-22)19(23)11-20(26-21)25-17-7-5-15(6-8-17)16-13-24-28(14-16)10-9-27(2)3/h5-8,11,13-14H,4,9-10H2,1-3H3,(H3,23,25,26). The van der Waals surface area contributed by atoms with E-state index in [9.17, 15) is 5.26 Å². The lowest BCUT2D eigenvalue weighted by atomic mass is 10.1. The molecule has 0 spiro atoms. The lowest BCUT2D eigenvalue weighted by molar-refractivity contribution is 0.326. The average molecular weight is 391 g/mol. The predicted octanol–water partition coefficient (Wildman–Crippen LogP) is 3.10. The minimum Gasteiger partial charge on any atom is -0.477 e. The van der Waals surface area contributed by atoms with Gasteiger partial charge in [0.2, 0.25) is 5.88 Å². The zero-order chi connectivity index (χ0) is 20.8. The van der Waals surface area contributed by atoms with E-state index in [1.165, 1.54) is 0 Å². The minimum absolute atomic E-state index is 0.235. The summed E-state index contributed by atoms with van der Waals surface area (Å²) < 4.78 is 7.38. The van der Waals surface area contributed by atoms with Gasteiger partial charge in [0, 0.05) is 30.1 Å². The number of likely N-dealkylation sites (N-methyl/N-ethyl adjacent to an activating group) is 1. The number of nitriles is 1. The molecule has 0 saturated heterocycles. The van der Waals surface area contributed by atoms with E-state index in [0.29, 0.717) is 18.1 Å². The third kappa shape index (κ3) is 5.03. The SMILES string of the molecule is CCOc1nc(Nc2ccc(-c3cnn(CCN(C)C)c3)cc2)cc(N)c1C#N. The molecule has 1 aromatic carbocycles. The molecule has 29 heavy (non-hydrogen) atoms. The van der Waals surface area contributed by atoms with Crippen molar-refractivity contribution in [2.75, 3.05) is 38.3 Å². The molecule has 3 aromatic rings. The predicted molar refractivity (Wildman–Crippen MR) is 114 cm³/mol. The van der Waals surface area contributed by atoms with E-state index in [4.69, 9.17) is 10.5 Å². The van der Waals surface area contributed by atoms with Crippen molar-refractivity contribution in [2.24, 2.45) is 0 Å². The highest BCUT2D eigenvalue weighted by Gasteiger charge is 2.12. The van der Waals surface area contributed by atoms with Crippen LogP contribution in [0.15, 0.2) is 42.7 Å². The molecule has 8 nitrogen and oxygen atoms in total. The summed E-state index contributed by atoms with van der Waals surface area (Å²) in [4.78, 5) is 6.48. The van der Waals surface area contributed by atoms with Crippen molar-refractivity contribution in [3.05, 3.63) is 48.3 Å². The quantitative estimate of drug-likeness (QED) is 0.608. The number of pyridine rings is 1. The smallest absolute Gasteiger partial charge is 0.235 e. The van der Waals surface area contributed by atoms with Gasteiger partial charge in [-0.3, -0.25) is 4.68 Å². The van der Waals surface area contributed by atoms with Gasteiger partial charge >= 0.3 is 0 Å². The molecule has 8 heteroatoms. The van der Waals surface area contributed by atoms with Crippen LogP contribution in [0, 0.1) is 11.3 Å². The molecule has 2 aromatic heterocycles. The number of hydrogen-bond donors (Lipinski definition) is 2. The topological polar surface area (TPSA) is 105 Å². The fourth-order valence-corrected chi connectivity index (χ4v) is 2.79. The van der Waals surface area contributed by atoms with Gasteiger partial charge in [0.15, 0.2) is 0 Å². The van der Waals surface area contributed by atoms with Crippen molar-refractivity contribution in [1.82, 2.24) is 19.7 Å². The zero-order valence-corrected chi connectivity index (χ0v) is 16.9. The zero-order valence-electron chi connectivity index (χ0n) is 16.9. The number of hydrogen-bond acceptors (Lipinski definition) is 7. The molecule has 0 aliphatic rings. The van der Waals surface area contributed by atoms with E-state index >= 15 is 0 Å². The van der Waals surface area contributed by atoms with E-state index in [-0.39, 0.29) is 11.4 Å². The van der Waals surface area contributed by atoms with Gasteiger partial charge in [-0.1, -0.05) is 12.1 Å². The van der Waals surface area contributed by atoms with Crippen molar-refractivity contribution in [3.8, 4) is 23.1 Å². The Morgan fingerprint density at radius 1 is 1.24 bits per heavy atom. The summed E-state index contributed by atoms with van der Waals surface area (Å²) in [6, 6.07) is 11.6. The number of nitrogens with zero attached hydrogens (tertiary/aromatic N) is 5. The second kappa shape index (κ2) is 9.08. The highest BCUT2D eigenvalue weighted by molar-refractivity contribution is 5.70. The molecule has 150 valence electrons. The molecule has 0 fully saturated rings. The number of nitrogens with two attached hydrogens (primary N) is 1. The number of anilines is 3. The maximum atomic E-state index is 9.23. The second-order valence-electron chi connectivity index (χ2n) is 6.82. The summed E-state index contributed by atoms with van der Waals surface area (Å²) in [5.41, 5.74) is 9.54. The van der Waals surface area contributed by atoms with Crippen LogP contribution in [-0.4, -0.2) is 46.9 Å². The lowest BCUT2D eigenvalue weighted by Crippen LogP contribution is -2.18. The average Bonchev–Trinajstić information content (AvgIpc) is 3.16. The lowest BCUT2D eigenvalue weighted by Gasteiger charge is -2.11. The van der Waals surface area contributed by atoms with Crippen molar-refractivity contribution >= 4 is 17.2 Å². The maximum absolute atomic E-state index is 9.23. The van der Waals surface area contributed by atoms with Crippen LogP contribution in [0.1, 0.15) is 12.5 Å². The van der Waals surface area contributed by atoms with E-state index in [2.05, 4.69) is 20.3 Å². The number of aromatic nitrogens is 3. The van der Waals surface area contributed by atoms with Gasteiger partial charge in [0.05, 0.1) is 25.0 Å². The van der Waals surface area contributed by atoms with Crippen molar-refractivity contribution in [2.45, 2.75) is 13.5 Å².